The molecule has 4 heteroatoms. The Hall–Kier alpha value is -2.68. The van der Waals surface area contributed by atoms with Crippen LogP contribution in [-0.4, -0.2) is 22.7 Å². The van der Waals surface area contributed by atoms with Crippen molar-refractivity contribution in [2.24, 2.45) is 5.10 Å². The molecule has 1 atom stereocenters. The fraction of sp³-hybridized carbons (Fsp3) is 0.130. The van der Waals surface area contributed by atoms with Crippen LogP contribution < -0.4 is 0 Å². The molecular formula is C23H22FeN2O. The van der Waals surface area contributed by atoms with Crippen LogP contribution in [0.2, 0.25) is 0 Å². The molecule has 0 spiro atoms. The molecule has 0 aromatic heterocycles. The first kappa shape index (κ1) is 20.6. The van der Waals surface area contributed by atoms with Gasteiger partial charge in [0.25, 0.3) is 0 Å². The number of carbonyl (C=O) groups is 1. The molecule has 1 heterocycles. The number of hydrazone groups is 1. The summed E-state index contributed by atoms with van der Waals surface area (Å²) in [6.45, 7) is 1.56. The van der Waals surface area contributed by atoms with Crippen molar-refractivity contribution < 1.29 is 21.9 Å². The van der Waals surface area contributed by atoms with E-state index in [9.17, 15) is 4.79 Å². The first-order chi connectivity index (χ1) is 12.7. The van der Waals surface area contributed by atoms with Gasteiger partial charge in [-0.25, -0.2) is 22.2 Å². The van der Waals surface area contributed by atoms with Gasteiger partial charge in [0.05, 0.1) is 6.04 Å². The Morgan fingerprint density at radius 2 is 1.81 bits per heavy atom. The Kier molecular flexibility index (Phi) is 7.99. The third kappa shape index (κ3) is 5.92. The van der Waals surface area contributed by atoms with Gasteiger partial charge >= 0.3 is 17.1 Å². The van der Waals surface area contributed by atoms with E-state index in [1.165, 1.54) is 0 Å². The standard InChI is InChI=1S/C18H17N2O.C5H5.Fe/c1-14(21)20-17(12-11-15-7-3-2-4-8-15)13-18(19-20)16-9-5-6-10-16;1-2-4-5-3-1;/h2-12,17H,13H2,1H3;1-5H;/q2*-1;+2. The summed E-state index contributed by atoms with van der Waals surface area (Å²) in [5.41, 5.74) is 3.19. The molecule has 0 fully saturated rings. The summed E-state index contributed by atoms with van der Waals surface area (Å²) in [6, 6.07) is 28.1. The van der Waals surface area contributed by atoms with Crippen LogP contribution in [0.15, 0.2) is 96.1 Å². The number of carbonyl (C=O) groups excluding carboxylic acids is 1. The van der Waals surface area contributed by atoms with Crippen LogP contribution in [0, 0.1) is 0 Å². The van der Waals surface area contributed by atoms with E-state index in [0.717, 1.165) is 23.3 Å². The minimum atomic E-state index is -0.0285. The molecule has 1 unspecified atom stereocenters. The quantitative estimate of drug-likeness (QED) is 0.459. The monoisotopic (exact) mass is 398 g/mol. The van der Waals surface area contributed by atoms with Crippen molar-refractivity contribution in [1.82, 2.24) is 5.01 Å². The molecular weight excluding hydrogens is 376 g/mol. The van der Waals surface area contributed by atoms with Crippen LogP contribution in [0.4, 0.5) is 0 Å². The van der Waals surface area contributed by atoms with Crippen molar-refractivity contribution in [2.75, 3.05) is 0 Å². The summed E-state index contributed by atoms with van der Waals surface area (Å²) in [5.74, 6) is -0.0285. The average molecular weight is 398 g/mol. The van der Waals surface area contributed by atoms with Gasteiger partial charge in [-0.2, -0.15) is 36.4 Å². The summed E-state index contributed by atoms with van der Waals surface area (Å²) in [6.07, 6.45) is 4.85. The zero-order valence-corrected chi connectivity index (χ0v) is 16.3. The Morgan fingerprint density at radius 1 is 1.07 bits per heavy atom. The molecule has 3 aromatic carbocycles. The summed E-state index contributed by atoms with van der Waals surface area (Å²) >= 11 is 0. The van der Waals surface area contributed by atoms with Gasteiger partial charge in [-0.1, -0.05) is 42.5 Å². The van der Waals surface area contributed by atoms with Gasteiger partial charge in [0.15, 0.2) is 0 Å². The molecule has 0 saturated heterocycles. The third-order valence-electron chi connectivity index (χ3n) is 4.13. The number of amides is 1. The smallest absolute Gasteiger partial charge is 0.273 e. The van der Waals surface area contributed by atoms with E-state index in [1.807, 2.05) is 91.0 Å². The maximum Gasteiger partial charge on any atom is 2.00 e. The van der Waals surface area contributed by atoms with Crippen molar-refractivity contribution in [3.05, 3.63) is 102 Å². The summed E-state index contributed by atoms with van der Waals surface area (Å²) < 4.78 is 0. The summed E-state index contributed by atoms with van der Waals surface area (Å²) in [5, 5.41) is 6.04. The van der Waals surface area contributed by atoms with E-state index < -0.39 is 0 Å². The number of nitrogens with zero attached hydrogens (tertiary/aromatic N) is 2. The van der Waals surface area contributed by atoms with Crippen molar-refractivity contribution >= 4 is 17.7 Å². The number of rotatable bonds is 3. The van der Waals surface area contributed by atoms with E-state index in [-0.39, 0.29) is 29.0 Å². The second-order valence-corrected chi connectivity index (χ2v) is 6.09. The van der Waals surface area contributed by atoms with Crippen LogP contribution in [0.1, 0.15) is 24.5 Å². The van der Waals surface area contributed by atoms with E-state index in [0.29, 0.717) is 0 Å². The van der Waals surface area contributed by atoms with E-state index in [2.05, 4.69) is 11.2 Å². The fourth-order valence-electron chi connectivity index (χ4n) is 2.83. The molecule has 0 N–H and O–H groups in total. The first-order valence-electron chi connectivity index (χ1n) is 8.73. The molecule has 4 rings (SSSR count). The Labute approximate surface area is 171 Å². The molecule has 0 saturated carbocycles. The van der Waals surface area contributed by atoms with Gasteiger partial charge in [-0.15, -0.1) is 11.6 Å². The first-order valence-corrected chi connectivity index (χ1v) is 8.73. The number of hydrogen-bond acceptors (Lipinski definition) is 2. The van der Waals surface area contributed by atoms with Crippen LogP contribution >= 0.6 is 0 Å². The van der Waals surface area contributed by atoms with Gasteiger partial charge in [0.2, 0.25) is 5.91 Å². The molecule has 3 aromatic rings. The fourth-order valence-corrected chi connectivity index (χ4v) is 2.83. The number of hydrogen-bond donors (Lipinski definition) is 0. The van der Waals surface area contributed by atoms with Crippen molar-refractivity contribution in [3.8, 4) is 0 Å². The Balaban J connectivity index is 0.000000379. The van der Waals surface area contributed by atoms with Gasteiger partial charge in [-0.05, 0) is 17.7 Å². The molecule has 0 bridgehead atoms. The maximum atomic E-state index is 11.8. The second-order valence-electron chi connectivity index (χ2n) is 6.09. The number of benzene rings is 1. The van der Waals surface area contributed by atoms with E-state index in [1.54, 1.807) is 11.9 Å². The van der Waals surface area contributed by atoms with E-state index in [4.69, 9.17) is 0 Å². The van der Waals surface area contributed by atoms with Crippen LogP contribution in [-0.2, 0) is 21.9 Å². The zero-order valence-electron chi connectivity index (χ0n) is 15.2. The molecule has 3 nitrogen and oxygen atoms in total. The third-order valence-corrected chi connectivity index (χ3v) is 4.13. The van der Waals surface area contributed by atoms with Crippen LogP contribution in [0.25, 0.3) is 6.08 Å². The largest absolute Gasteiger partial charge is 2.00 e. The average Bonchev–Trinajstić information content (AvgIpc) is 3.44. The van der Waals surface area contributed by atoms with E-state index >= 15 is 0 Å². The molecule has 1 amide bonds. The van der Waals surface area contributed by atoms with Gasteiger partial charge < -0.3 is 0 Å². The van der Waals surface area contributed by atoms with Crippen LogP contribution in [0.5, 0.6) is 0 Å². The topological polar surface area (TPSA) is 32.7 Å². The van der Waals surface area contributed by atoms with Gasteiger partial charge in [0.1, 0.15) is 0 Å². The van der Waals surface area contributed by atoms with Crippen molar-refractivity contribution in [2.45, 2.75) is 19.4 Å². The minimum absolute atomic E-state index is 0. The van der Waals surface area contributed by atoms with Crippen molar-refractivity contribution in [1.29, 1.82) is 0 Å². The minimum Gasteiger partial charge on any atom is -0.273 e. The summed E-state index contributed by atoms with van der Waals surface area (Å²) in [7, 11) is 0. The molecule has 27 heavy (non-hydrogen) atoms. The molecule has 1 aliphatic rings. The van der Waals surface area contributed by atoms with Gasteiger partial charge in [0, 0.05) is 6.92 Å². The normalized spacial score (nSPS) is 15.7. The molecule has 0 aliphatic carbocycles. The molecule has 138 valence electrons. The van der Waals surface area contributed by atoms with Crippen LogP contribution in [0.3, 0.4) is 0 Å². The maximum absolute atomic E-state index is 11.8. The van der Waals surface area contributed by atoms with Crippen molar-refractivity contribution in [3.63, 3.8) is 0 Å². The zero-order chi connectivity index (χ0) is 18.2. The Morgan fingerprint density at radius 3 is 2.37 bits per heavy atom. The summed E-state index contributed by atoms with van der Waals surface area (Å²) in [4.78, 5) is 11.8. The predicted octanol–water partition coefficient (Wildman–Crippen LogP) is 4.85. The Bertz CT molecular complexity index is 832. The molecule has 0 radical (unpaired) electrons. The molecule has 1 aliphatic heterocycles. The van der Waals surface area contributed by atoms with Gasteiger partial charge in [-0.3, -0.25) is 4.79 Å². The second kappa shape index (κ2) is 10.5. The SMILES string of the molecule is CC(=O)N1N=C(c2ccc[cH-]2)CC1C=Cc1ccccc1.[Fe+2].c1cc[cH-]c1. The predicted molar refractivity (Wildman–Crippen MR) is 107 cm³/mol.